The van der Waals surface area contributed by atoms with E-state index in [0.717, 1.165) is 31.2 Å². The summed E-state index contributed by atoms with van der Waals surface area (Å²) in [6.45, 7) is 8.66. The lowest BCUT2D eigenvalue weighted by molar-refractivity contribution is -0.127. The number of hydrogen-bond donors (Lipinski definition) is 1. The molecule has 0 aliphatic carbocycles. The van der Waals surface area contributed by atoms with Crippen LogP contribution in [0.25, 0.3) is 0 Å². The van der Waals surface area contributed by atoms with Gasteiger partial charge in [-0.2, -0.15) is 0 Å². The number of hydrogen-bond acceptors (Lipinski definition) is 3. The Balaban J connectivity index is 2.14. The van der Waals surface area contributed by atoms with E-state index in [2.05, 4.69) is 41.2 Å². The molecule has 1 aliphatic heterocycles. The molecule has 1 aliphatic rings. The largest absolute Gasteiger partial charge is 0.494 e. The first-order valence-electron chi connectivity index (χ1n) is 8.91. The van der Waals surface area contributed by atoms with Crippen LogP contribution in [-0.4, -0.2) is 61.5 Å². The molecule has 0 spiro atoms. The summed E-state index contributed by atoms with van der Waals surface area (Å²) in [5.41, 5.74) is 2.61. The average Bonchev–Trinajstić information content (AvgIpc) is 2.57. The molecule has 1 amide bonds. The Morgan fingerprint density at radius 3 is 2.76 bits per heavy atom. The molecule has 1 heterocycles. The standard InChI is InChI=1S/C19H30N4O2/c1-6-25-17-8-7-16-13-23(10-9-15(16)11-17)19(21-14(2)3)20-12-18(24)22(4)5/h7-8,11,14H,6,9-10,12-13H2,1-5H3,(H,20,21). The lowest BCUT2D eigenvalue weighted by atomic mass is 9.99. The highest BCUT2D eigenvalue weighted by Crippen LogP contribution is 2.24. The highest BCUT2D eigenvalue weighted by Gasteiger charge is 2.20. The fourth-order valence-electron chi connectivity index (χ4n) is 2.75. The van der Waals surface area contributed by atoms with E-state index in [9.17, 15) is 4.79 Å². The van der Waals surface area contributed by atoms with Crippen molar-refractivity contribution in [2.24, 2.45) is 4.99 Å². The molecule has 0 saturated carbocycles. The third-order valence-electron chi connectivity index (χ3n) is 4.08. The van der Waals surface area contributed by atoms with Crippen LogP contribution < -0.4 is 10.1 Å². The Morgan fingerprint density at radius 2 is 2.12 bits per heavy atom. The summed E-state index contributed by atoms with van der Waals surface area (Å²) in [4.78, 5) is 20.2. The Bertz CT molecular complexity index is 626. The average molecular weight is 346 g/mol. The second-order valence-corrected chi connectivity index (χ2v) is 6.76. The fourth-order valence-corrected chi connectivity index (χ4v) is 2.75. The van der Waals surface area contributed by atoms with Crippen LogP contribution in [0, 0.1) is 0 Å². The number of carbonyl (C=O) groups is 1. The summed E-state index contributed by atoms with van der Waals surface area (Å²) in [7, 11) is 3.50. The molecular weight excluding hydrogens is 316 g/mol. The van der Waals surface area contributed by atoms with E-state index in [0.29, 0.717) is 6.61 Å². The zero-order valence-electron chi connectivity index (χ0n) is 16.0. The number of fused-ring (bicyclic) bond motifs is 1. The van der Waals surface area contributed by atoms with Crippen molar-refractivity contribution < 1.29 is 9.53 Å². The number of likely N-dealkylation sites (N-methyl/N-ethyl adjacent to an activating group) is 1. The maximum absolute atomic E-state index is 11.9. The highest BCUT2D eigenvalue weighted by atomic mass is 16.5. The minimum absolute atomic E-state index is 0.00169. The van der Waals surface area contributed by atoms with Crippen molar-refractivity contribution in [3.63, 3.8) is 0 Å². The van der Waals surface area contributed by atoms with Gasteiger partial charge in [-0.25, -0.2) is 4.99 Å². The summed E-state index contributed by atoms with van der Waals surface area (Å²) in [5.74, 6) is 1.73. The van der Waals surface area contributed by atoms with Gasteiger partial charge in [0.25, 0.3) is 0 Å². The van der Waals surface area contributed by atoms with Crippen LogP contribution in [0.3, 0.4) is 0 Å². The van der Waals surface area contributed by atoms with Crippen molar-refractivity contribution in [3.05, 3.63) is 29.3 Å². The molecule has 0 fully saturated rings. The second-order valence-electron chi connectivity index (χ2n) is 6.76. The molecule has 0 atom stereocenters. The second kappa shape index (κ2) is 8.74. The van der Waals surface area contributed by atoms with Gasteiger partial charge in [-0.3, -0.25) is 4.79 Å². The Labute approximate surface area is 150 Å². The van der Waals surface area contributed by atoms with Gasteiger partial charge in [-0.05, 0) is 50.5 Å². The maximum Gasteiger partial charge on any atom is 0.243 e. The van der Waals surface area contributed by atoms with E-state index in [4.69, 9.17) is 4.74 Å². The van der Waals surface area contributed by atoms with Crippen molar-refractivity contribution in [2.75, 3.05) is 33.8 Å². The third-order valence-corrected chi connectivity index (χ3v) is 4.08. The lowest BCUT2D eigenvalue weighted by Crippen LogP contribution is -2.46. The van der Waals surface area contributed by atoms with E-state index in [1.54, 1.807) is 19.0 Å². The van der Waals surface area contributed by atoms with Gasteiger partial charge in [0.15, 0.2) is 5.96 Å². The molecule has 1 aromatic rings. The minimum Gasteiger partial charge on any atom is -0.494 e. The first kappa shape index (κ1) is 19.1. The summed E-state index contributed by atoms with van der Waals surface area (Å²) in [6, 6.07) is 6.55. The molecule has 138 valence electrons. The number of benzene rings is 1. The smallest absolute Gasteiger partial charge is 0.243 e. The molecule has 1 N–H and O–H groups in total. The normalized spacial score (nSPS) is 14.3. The molecule has 6 nitrogen and oxygen atoms in total. The van der Waals surface area contributed by atoms with Gasteiger partial charge < -0.3 is 19.9 Å². The van der Waals surface area contributed by atoms with E-state index in [-0.39, 0.29) is 18.5 Å². The van der Waals surface area contributed by atoms with Crippen molar-refractivity contribution in [1.29, 1.82) is 0 Å². The summed E-state index contributed by atoms with van der Waals surface area (Å²) < 4.78 is 5.59. The van der Waals surface area contributed by atoms with Gasteiger partial charge in [0.05, 0.1) is 6.61 Å². The number of rotatable bonds is 5. The number of nitrogens with one attached hydrogen (secondary N) is 1. The Kier molecular flexibility index (Phi) is 6.67. The number of carbonyl (C=O) groups excluding carboxylic acids is 1. The monoisotopic (exact) mass is 346 g/mol. The number of guanidine groups is 1. The summed E-state index contributed by atoms with van der Waals surface area (Å²) in [5, 5.41) is 3.39. The van der Waals surface area contributed by atoms with Crippen LogP contribution in [0.4, 0.5) is 0 Å². The number of nitrogens with zero attached hydrogens (tertiary/aromatic N) is 3. The molecule has 25 heavy (non-hydrogen) atoms. The summed E-state index contributed by atoms with van der Waals surface area (Å²) in [6.07, 6.45) is 0.941. The maximum atomic E-state index is 11.9. The SMILES string of the molecule is CCOc1ccc2c(c1)CCN(C(=NCC(=O)N(C)C)NC(C)C)C2. The molecule has 1 aromatic carbocycles. The van der Waals surface area contributed by atoms with Crippen molar-refractivity contribution in [1.82, 2.24) is 15.1 Å². The molecule has 0 saturated heterocycles. The first-order chi connectivity index (χ1) is 11.9. The molecule has 0 aromatic heterocycles. The zero-order valence-corrected chi connectivity index (χ0v) is 16.0. The Morgan fingerprint density at radius 1 is 1.36 bits per heavy atom. The zero-order chi connectivity index (χ0) is 18.4. The van der Waals surface area contributed by atoms with E-state index in [1.807, 2.05) is 13.0 Å². The topological polar surface area (TPSA) is 57.2 Å². The molecule has 2 rings (SSSR count). The van der Waals surface area contributed by atoms with E-state index < -0.39 is 0 Å². The lowest BCUT2D eigenvalue weighted by Gasteiger charge is -2.33. The quantitative estimate of drug-likeness (QED) is 0.653. The molecule has 0 radical (unpaired) electrons. The van der Waals surface area contributed by atoms with Gasteiger partial charge in [-0.15, -0.1) is 0 Å². The van der Waals surface area contributed by atoms with Crippen LogP contribution in [0.15, 0.2) is 23.2 Å². The van der Waals surface area contributed by atoms with Gasteiger partial charge >= 0.3 is 0 Å². The fraction of sp³-hybridized carbons (Fsp3) is 0.579. The Hall–Kier alpha value is -2.24. The van der Waals surface area contributed by atoms with Crippen LogP contribution in [0.1, 0.15) is 31.9 Å². The molecular formula is C19H30N4O2. The van der Waals surface area contributed by atoms with Gasteiger partial charge in [0, 0.05) is 33.2 Å². The van der Waals surface area contributed by atoms with Crippen LogP contribution in [0.2, 0.25) is 0 Å². The minimum atomic E-state index is 0.00169. The highest BCUT2D eigenvalue weighted by molar-refractivity contribution is 5.85. The number of amides is 1. The van der Waals surface area contributed by atoms with Gasteiger partial charge in [-0.1, -0.05) is 6.07 Å². The number of aliphatic imine (C=N–C) groups is 1. The predicted octanol–water partition coefficient (Wildman–Crippen LogP) is 1.89. The number of ether oxygens (including phenoxy) is 1. The van der Waals surface area contributed by atoms with Crippen molar-refractivity contribution in [2.45, 2.75) is 39.8 Å². The van der Waals surface area contributed by atoms with Crippen molar-refractivity contribution >= 4 is 11.9 Å². The predicted molar refractivity (Wildman–Crippen MR) is 101 cm³/mol. The van der Waals surface area contributed by atoms with Gasteiger partial charge in [0.2, 0.25) is 5.91 Å². The van der Waals surface area contributed by atoms with Crippen molar-refractivity contribution in [3.8, 4) is 5.75 Å². The van der Waals surface area contributed by atoms with Gasteiger partial charge in [0.1, 0.15) is 12.3 Å². The van der Waals surface area contributed by atoms with Crippen LogP contribution in [0.5, 0.6) is 5.75 Å². The van der Waals surface area contributed by atoms with E-state index >= 15 is 0 Å². The molecule has 6 heteroatoms. The van der Waals surface area contributed by atoms with Crippen LogP contribution in [-0.2, 0) is 17.8 Å². The first-order valence-corrected chi connectivity index (χ1v) is 8.91. The molecule has 0 bridgehead atoms. The van der Waals surface area contributed by atoms with E-state index in [1.165, 1.54) is 11.1 Å². The summed E-state index contributed by atoms with van der Waals surface area (Å²) >= 11 is 0. The molecule has 0 unspecified atom stereocenters. The third kappa shape index (κ3) is 5.37. The van der Waals surface area contributed by atoms with Crippen LogP contribution >= 0.6 is 0 Å².